The summed E-state index contributed by atoms with van der Waals surface area (Å²) in [4.78, 5) is 13.0. The molecule has 2 aromatic rings. The summed E-state index contributed by atoms with van der Waals surface area (Å²) in [5.41, 5.74) is 1.19. The van der Waals surface area contributed by atoms with Crippen molar-refractivity contribution in [3.63, 3.8) is 0 Å². The standard InChI is InChI=1S/C15H15NO2S/c1-2-14-8-9-15(19-14)11-13(16(17)18)10-12-6-4-3-5-7-12/h3-9,11H,2,10H2,1H3/b13-11-. The second-order valence-electron chi connectivity index (χ2n) is 4.21. The Kier molecular flexibility index (Phi) is 4.47. The molecule has 0 amide bonds. The first kappa shape index (κ1) is 13.5. The van der Waals surface area contributed by atoms with Crippen LogP contribution in [0, 0.1) is 10.1 Å². The lowest BCUT2D eigenvalue weighted by Crippen LogP contribution is -2.01. The van der Waals surface area contributed by atoms with Gasteiger partial charge in [-0.25, -0.2) is 0 Å². The van der Waals surface area contributed by atoms with E-state index in [4.69, 9.17) is 0 Å². The third-order valence-corrected chi connectivity index (χ3v) is 3.98. The van der Waals surface area contributed by atoms with Crippen molar-refractivity contribution in [2.24, 2.45) is 0 Å². The van der Waals surface area contributed by atoms with Crippen molar-refractivity contribution in [1.82, 2.24) is 0 Å². The molecule has 0 unspecified atom stereocenters. The molecular weight excluding hydrogens is 258 g/mol. The average Bonchev–Trinajstić information content (AvgIpc) is 2.87. The van der Waals surface area contributed by atoms with Crippen molar-refractivity contribution in [3.05, 3.63) is 73.6 Å². The fraction of sp³-hybridized carbons (Fsp3) is 0.200. The van der Waals surface area contributed by atoms with Crippen LogP contribution in [0.5, 0.6) is 0 Å². The van der Waals surface area contributed by atoms with Gasteiger partial charge in [0.2, 0.25) is 0 Å². The van der Waals surface area contributed by atoms with Gasteiger partial charge < -0.3 is 0 Å². The van der Waals surface area contributed by atoms with E-state index in [2.05, 4.69) is 6.92 Å². The van der Waals surface area contributed by atoms with E-state index in [0.717, 1.165) is 16.9 Å². The molecule has 0 fully saturated rings. The Morgan fingerprint density at radius 1 is 1.26 bits per heavy atom. The number of benzene rings is 1. The lowest BCUT2D eigenvalue weighted by atomic mass is 10.1. The van der Waals surface area contributed by atoms with Crippen LogP contribution in [0.15, 0.2) is 48.2 Å². The van der Waals surface area contributed by atoms with Gasteiger partial charge in [-0.1, -0.05) is 37.3 Å². The van der Waals surface area contributed by atoms with Gasteiger partial charge >= 0.3 is 0 Å². The molecule has 0 atom stereocenters. The van der Waals surface area contributed by atoms with E-state index >= 15 is 0 Å². The fourth-order valence-corrected chi connectivity index (χ4v) is 2.71. The lowest BCUT2D eigenvalue weighted by Gasteiger charge is -1.99. The number of allylic oxidation sites excluding steroid dienone is 1. The van der Waals surface area contributed by atoms with Crippen LogP contribution < -0.4 is 0 Å². The molecule has 3 nitrogen and oxygen atoms in total. The predicted molar refractivity (Wildman–Crippen MR) is 78.8 cm³/mol. The quantitative estimate of drug-likeness (QED) is 0.606. The molecule has 98 valence electrons. The summed E-state index contributed by atoms with van der Waals surface area (Å²) in [6.45, 7) is 2.08. The van der Waals surface area contributed by atoms with Gasteiger partial charge in [0.15, 0.2) is 0 Å². The summed E-state index contributed by atoms with van der Waals surface area (Å²) < 4.78 is 0. The molecular formula is C15H15NO2S. The second kappa shape index (κ2) is 6.29. The van der Waals surface area contributed by atoms with Gasteiger partial charge in [0.05, 0.1) is 11.3 Å². The highest BCUT2D eigenvalue weighted by molar-refractivity contribution is 7.12. The normalized spacial score (nSPS) is 11.5. The average molecular weight is 273 g/mol. The zero-order valence-electron chi connectivity index (χ0n) is 10.7. The van der Waals surface area contributed by atoms with Crippen molar-refractivity contribution >= 4 is 17.4 Å². The zero-order valence-corrected chi connectivity index (χ0v) is 11.5. The van der Waals surface area contributed by atoms with Crippen molar-refractivity contribution in [3.8, 4) is 0 Å². The maximum Gasteiger partial charge on any atom is 0.252 e. The lowest BCUT2D eigenvalue weighted by molar-refractivity contribution is -0.425. The van der Waals surface area contributed by atoms with Crippen LogP contribution in [0.25, 0.3) is 6.08 Å². The van der Waals surface area contributed by atoms with Gasteiger partial charge in [-0.15, -0.1) is 11.3 Å². The van der Waals surface area contributed by atoms with Gasteiger partial charge in [0.25, 0.3) is 5.70 Å². The summed E-state index contributed by atoms with van der Waals surface area (Å²) >= 11 is 1.61. The zero-order chi connectivity index (χ0) is 13.7. The van der Waals surface area contributed by atoms with E-state index in [9.17, 15) is 10.1 Å². The molecule has 19 heavy (non-hydrogen) atoms. The minimum Gasteiger partial charge on any atom is -0.259 e. The Morgan fingerprint density at radius 2 is 2.00 bits per heavy atom. The minimum atomic E-state index is -0.293. The molecule has 0 bridgehead atoms. The number of rotatable bonds is 5. The molecule has 1 aromatic heterocycles. The second-order valence-corrected chi connectivity index (χ2v) is 5.41. The summed E-state index contributed by atoms with van der Waals surface area (Å²) in [6.07, 6.45) is 3.00. The molecule has 0 saturated carbocycles. The topological polar surface area (TPSA) is 43.1 Å². The largest absolute Gasteiger partial charge is 0.259 e. The Morgan fingerprint density at radius 3 is 2.58 bits per heavy atom. The van der Waals surface area contributed by atoms with E-state index in [0.29, 0.717) is 6.42 Å². The van der Waals surface area contributed by atoms with Crippen LogP contribution in [-0.4, -0.2) is 4.92 Å². The summed E-state index contributed by atoms with van der Waals surface area (Å²) in [5.74, 6) is 0. The molecule has 4 heteroatoms. The first-order valence-corrected chi connectivity index (χ1v) is 6.98. The molecule has 0 spiro atoms. The highest BCUT2D eigenvalue weighted by atomic mass is 32.1. The van der Waals surface area contributed by atoms with Crippen molar-refractivity contribution in [2.45, 2.75) is 19.8 Å². The maximum atomic E-state index is 11.1. The van der Waals surface area contributed by atoms with E-state index in [1.165, 1.54) is 4.88 Å². The molecule has 0 aliphatic heterocycles. The summed E-state index contributed by atoms with van der Waals surface area (Å²) in [7, 11) is 0. The number of nitro groups is 1. The summed E-state index contributed by atoms with van der Waals surface area (Å²) in [5, 5.41) is 11.1. The smallest absolute Gasteiger partial charge is 0.252 e. The van der Waals surface area contributed by atoms with Crippen LogP contribution in [0.3, 0.4) is 0 Å². The van der Waals surface area contributed by atoms with Gasteiger partial charge in [0.1, 0.15) is 0 Å². The third-order valence-electron chi connectivity index (χ3n) is 2.80. The van der Waals surface area contributed by atoms with Crippen LogP contribution in [0.1, 0.15) is 22.2 Å². The van der Waals surface area contributed by atoms with E-state index in [1.54, 1.807) is 17.4 Å². The van der Waals surface area contributed by atoms with Crippen LogP contribution in [-0.2, 0) is 12.8 Å². The first-order valence-electron chi connectivity index (χ1n) is 6.16. The number of hydrogen-bond acceptors (Lipinski definition) is 3. The van der Waals surface area contributed by atoms with Gasteiger partial charge in [-0.3, -0.25) is 10.1 Å². The van der Waals surface area contributed by atoms with Crippen molar-refractivity contribution < 1.29 is 4.92 Å². The molecule has 0 aliphatic rings. The molecule has 2 rings (SSSR count). The van der Waals surface area contributed by atoms with E-state index in [-0.39, 0.29) is 10.6 Å². The number of nitrogens with zero attached hydrogens (tertiary/aromatic N) is 1. The van der Waals surface area contributed by atoms with Gasteiger partial charge in [0, 0.05) is 15.8 Å². The van der Waals surface area contributed by atoms with Crippen LogP contribution >= 0.6 is 11.3 Å². The summed E-state index contributed by atoms with van der Waals surface area (Å²) in [6, 6.07) is 13.5. The Hall–Kier alpha value is -1.94. The molecule has 1 aromatic carbocycles. The monoisotopic (exact) mass is 273 g/mol. The highest BCUT2D eigenvalue weighted by Gasteiger charge is 2.12. The first-order chi connectivity index (χ1) is 9.19. The molecule has 0 radical (unpaired) electrons. The van der Waals surface area contributed by atoms with Crippen molar-refractivity contribution in [1.29, 1.82) is 0 Å². The van der Waals surface area contributed by atoms with Gasteiger partial charge in [-0.2, -0.15) is 0 Å². The molecule has 0 N–H and O–H groups in total. The number of hydrogen-bond donors (Lipinski definition) is 0. The number of aryl methyl sites for hydroxylation is 1. The minimum absolute atomic E-state index is 0.232. The maximum absolute atomic E-state index is 11.1. The third kappa shape index (κ3) is 3.76. The van der Waals surface area contributed by atoms with E-state index < -0.39 is 0 Å². The molecule has 0 aliphatic carbocycles. The molecule has 1 heterocycles. The van der Waals surface area contributed by atoms with Crippen molar-refractivity contribution in [2.75, 3.05) is 0 Å². The fourth-order valence-electron chi connectivity index (χ4n) is 1.80. The highest BCUT2D eigenvalue weighted by Crippen LogP contribution is 2.21. The molecule has 0 saturated heterocycles. The van der Waals surface area contributed by atoms with Crippen LogP contribution in [0.4, 0.5) is 0 Å². The Labute approximate surface area is 116 Å². The number of thiophene rings is 1. The van der Waals surface area contributed by atoms with Gasteiger partial charge in [-0.05, 0) is 24.1 Å². The Bertz CT molecular complexity index is 587. The van der Waals surface area contributed by atoms with Crippen LogP contribution in [0.2, 0.25) is 0 Å². The SMILES string of the molecule is CCc1ccc(/C=C(/Cc2ccccc2)[N+](=O)[O-])s1. The Balaban J connectivity index is 2.22. The van der Waals surface area contributed by atoms with E-state index in [1.807, 2.05) is 42.5 Å². The predicted octanol–water partition coefficient (Wildman–Crippen LogP) is 4.17.